The third-order valence-electron chi connectivity index (χ3n) is 4.76. The molecule has 0 radical (unpaired) electrons. The van der Waals surface area contributed by atoms with Gasteiger partial charge in [0.15, 0.2) is 15.8 Å². The quantitative estimate of drug-likeness (QED) is 0.352. The Labute approximate surface area is 174 Å². The molecule has 2 N–H and O–H groups in total. The molecule has 7 heteroatoms. The summed E-state index contributed by atoms with van der Waals surface area (Å²) in [6.07, 6.45) is 1.47. The van der Waals surface area contributed by atoms with E-state index in [1.54, 1.807) is 38.4 Å². The number of methoxy groups -OCH3 is 1. The number of sulfone groups is 1. The van der Waals surface area contributed by atoms with Crippen molar-refractivity contribution < 1.29 is 13.2 Å². The van der Waals surface area contributed by atoms with Gasteiger partial charge in [0.2, 0.25) is 0 Å². The van der Waals surface area contributed by atoms with E-state index in [1.165, 1.54) is 5.56 Å². The second-order valence-corrected chi connectivity index (χ2v) is 8.98. The number of rotatable bonds is 10. The molecule has 1 unspecified atom stereocenters. The van der Waals surface area contributed by atoms with Gasteiger partial charge in [0.25, 0.3) is 0 Å². The number of aliphatic imine (C=N–C) groups is 1. The Hall–Kier alpha value is -2.54. The first-order valence-corrected chi connectivity index (χ1v) is 11.5. The summed E-state index contributed by atoms with van der Waals surface area (Å²) < 4.78 is 29.8. The van der Waals surface area contributed by atoms with E-state index in [2.05, 4.69) is 34.7 Å². The van der Waals surface area contributed by atoms with E-state index in [-0.39, 0.29) is 5.75 Å². The van der Waals surface area contributed by atoms with Crippen LogP contribution in [-0.2, 0) is 9.84 Å². The van der Waals surface area contributed by atoms with Crippen LogP contribution in [0.5, 0.6) is 5.75 Å². The number of nitrogens with zero attached hydrogens (tertiary/aromatic N) is 1. The fourth-order valence-corrected chi connectivity index (χ4v) is 4.27. The number of guanidine groups is 1. The Bertz CT molecular complexity index is 866. The fourth-order valence-electron chi connectivity index (χ4n) is 2.94. The summed E-state index contributed by atoms with van der Waals surface area (Å²) in [6, 6.07) is 16.7. The van der Waals surface area contributed by atoms with Crippen LogP contribution in [0, 0.1) is 0 Å². The average molecular weight is 418 g/mol. The molecule has 0 aliphatic carbocycles. The van der Waals surface area contributed by atoms with Crippen LogP contribution in [0.15, 0.2) is 64.5 Å². The summed E-state index contributed by atoms with van der Waals surface area (Å²) in [6.45, 7) is 3.50. The Balaban J connectivity index is 1.69. The lowest BCUT2D eigenvalue weighted by Gasteiger charge is -2.15. The van der Waals surface area contributed by atoms with Gasteiger partial charge in [0.05, 0.1) is 17.8 Å². The summed E-state index contributed by atoms with van der Waals surface area (Å²) in [5.74, 6) is 2.06. The van der Waals surface area contributed by atoms with E-state index in [1.807, 2.05) is 18.2 Å². The molecule has 0 saturated carbocycles. The zero-order chi connectivity index (χ0) is 21.1. The Morgan fingerprint density at radius 3 is 2.31 bits per heavy atom. The van der Waals surface area contributed by atoms with Gasteiger partial charge in [-0.1, -0.05) is 37.3 Å². The number of hydrogen-bond donors (Lipinski definition) is 2. The van der Waals surface area contributed by atoms with Crippen molar-refractivity contribution in [3.8, 4) is 5.75 Å². The van der Waals surface area contributed by atoms with Gasteiger partial charge in [0.1, 0.15) is 5.75 Å². The number of benzene rings is 2. The van der Waals surface area contributed by atoms with Gasteiger partial charge in [-0.2, -0.15) is 0 Å². The van der Waals surface area contributed by atoms with Gasteiger partial charge >= 0.3 is 0 Å². The lowest BCUT2D eigenvalue weighted by atomic mass is 9.98. The van der Waals surface area contributed by atoms with E-state index in [0.717, 1.165) is 18.7 Å². The zero-order valence-corrected chi connectivity index (χ0v) is 18.2. The summed E-state index contributed by atoms with van der Waals surface area (Å²) >= 11 is 0. The maximum atomic E-state index is 12.3. The van der Waals surface area contributed by atoms with Gasteiger partial charge in [-0.25, -0.2) is 8.42 Å². The van der Waals surface area contributed by atoms with Crippen molar-refractivity contribution in [1.29, 1.82) is 0 Å². The molecule has 0 fully saturated rings. The predicted molar refractivity (Wildman–Crippen MR) is 119 cm³/mol. The summed E-state index contributed by atoms with van der Waals surface area (Å²) in [7, 11) is 0.138. The lowest BCUT2D eigenvalue weighted by Crippen LogP contribution is -2.38. The normalized spacial score (nSPS) is 13.0. The van der Waals surface area contributed by atoms with E-state index in [4.69, 9.17) is 4.74 Å². The molecule has 0 heterocycles. The van der Waals surface area contributed by atoms with Crippen molar-refractivity contribution in [2.75, 3.05) is 33.0 Å². The minimum absolute atomic E-state index is 0.107. The molecule has 0 amide bonds. The first-order chi connectivity index (χ1) is 14.0. The van der Waals surface area contributed by atoms with E-state index in [9.17, 15) is 8.42 Å². The monoisotopic (exact) mass is 417 g/mol. The van der Waals surface area contributed by atoms with Gasteiger partial charge in [-0.3, -0.25) is 4.99 Å². The third-order valence-corrected chi connectivity index (χ3v) is 6.58. The van der Waals surface area contributed by atoms with Crippen LogP contribution in [0.4, 0.5) is 0 Å². The molecule has 1 atom stereocenters. The molecule has 2 rings (SSSR count). The minimum Gasteiger partial charge on any atom is -0.497 e. The molecule has 0 spiro atoms. The SMILES string of the molecule is CN=C(NCCCS(=O)(=O)c1ccccc1)NCCC(C)c1ccc(OC)cc1. The highest BCUT2D eigenvalue weighted by molar-refractivity contribution is 7.91. The van der Waals surface area contributed by atoms with Gasteiger partial charge in [0, 0.05) is 20.1 Å². The van der Waals surface area contributed by atoms with E-state index in [0.29, 0.717) is 29.7 Å². The van der Waals surface area contributed by atoms with Crippen LogP contribution in [0.3, 0.4) is 0 Å². The van der Waals surface area contributed by atoms with Crippen molar-refractivity contribution in [1.82, 2.24) is 10.6 Å². The van der Waals surface area contributed by atoms with Gasteiger partial charge in [-0.05, 0) is 48.6 Å². The number of ether oxygens (including phenoxy) is 1. The first-order valence-electron chi connectivity index (χ1n) is 9.82. The van der Waals surface area contributed by atoms with E-state index < -0.39 is 9.84 Å². The zero-order valence-electron chi connectivity index (χ0n) is 17.4. The Kier molecular flexibility index (Phi) is 8.99. The summed E-state index contributed by atoms with van der Waals surface area (Å²) in [4.78, 5) is 4.57. The highest BCUT2D eigenvalue weighted by atomic mass is 32.2. The second-order valence-electron chi connectivity index (χ2n) is 6.87. The highest BCUT2D eigenvalue weighted by Gasteiger charge is 2.13. The van der Waals surface area contributed by atoms with Crippen LogP contribution < -0.4 is 15.4 Å². The lowest BCUT2D eigenvalue weighted by molar-refractivity contribution is 0.414. The minimum atomic E-state index is -3.24. The Morgan fingerprint density at radius 2 is 1.69 bits per heavy atom. The van der Waals surface area contributed by atoms with Crippen LogP contribution in [0.1, 0.15) is 31.2 Å². The molecular formula is C22H31N3O3S. The molecule has 158 valence electrons. The molecule has 0 aromatic heterocycles. The largest absolute Gasteiger partial charge is 0.497 e. The second kappa shape index (κ2) is 11.5. The first kappa shape index (κ1) is 22.7. The molecule has 0 aliphatic heterocycles. The molecule has 6 nitrogen and oxygen atoms in total. The molecule has 29 heavy (non-hydrogen) atoms. The van der Waals surface area contributed by atoms with Crippen molar-refractivity contribution in [2.24, 2.45) is 4.99 Å². The average Bonchev–Trinajstić information content (AvgIpc) is 2.76. The smallest absolute Gasteiger partial charge is 0.190 e. The highest BCUT2D eigenvalue weighted by Crippen LogP contribution is 2.21. The Morgan fingerprint density at radius 1 is 1.03 bits per heavy atom. The van der Waals surface area contributed by atoms with Crippen molar-refractivity contribution in [3.63, 3.8) is 0 Å². The van der Waals surface area contributed by atoms with Crippen LogP contribution in [-0.4, -0.2) is 47.4 Å². The van der Waals surface area contributed by atoms with Crippen LogP contribution in [0.25, 0.3) is 0 Å². The van der Waals surface area contributed by atoms with E-state index >= 15 is 0 Å². The number of nitrogens with one attached hydrogen (secondary N) is 2. The molecule has 2 aromatic carbocycles. The number of hydrogen-bond acceptors (Lipinski definition) is 4. The molecule has 0 saturated heterocycles. The standard InChI is InChI=1S/C22H31N3O3S/c1-18(19-10-12-20(28-3)13-11-19)14-16-25-22(23-2)24-15-7-17-29(26,27)21-8-5-4-6-9-21/h4-6,8-13,18H,7,14-17H2,1-3H3,(H2,23,24,25). The molecular weight excluding hydrogens is 386 g/mol. The molecule has 2 aromatic rings. The third kappa shape index (κ3) is 7.42. The van der Waals surface area contributed by atoms with Crippen molar-refractivity contribution in [2.45, 2.75) is 30.6 Å². The van der Waals surface area contributed by atoms with Crippen LogP contribution in [0.2, 0.25) is 0 Å². The maximum Gasteiger partial charge on any atom is 0.190 e. The summed E-state index contributed by atoms with van der Waals surface area (Å²) in [5.41, 5.74) is 1.27. The van der Waals surface area contributed by atoms with Crippen LogP contribution >= 0.6 is 0 Å². The van der Waals surface area contributed by atoms with Gasteiger partial charge < -0.3 is 15.4 Å². The van der Waals surface area contributed by atoms with Crippen molar-refractivity contribution >= 4 is 15.8 Å². The molecule has 0 aliphatic rings. The fraction of sp³-hybridized carbons (Fsp3) is 0.409. The predicted octanol–water partition coefficient (Wildman–Crippen LogP) is 3.22. The topological polar surface area (TPSA) is 79.8 Å². The molecule has 0 bridgehead atoms. The van der Waals surface area contributed by atoms with Crippen molar-refractivity contribution in [3.05, 3.63) is 60.2 Å². The summed E-state index contributed by atoms with van der Waals surface area (Å²) in [5, 5.41) is 6.47. The van der Waals surface area contributed by atoms with Gasteiger partial charge in [-0.15, -0.1) is 0 Å². The maximum absolute atomic E-state index is 12.3.